The first-order chi connectivity index (χ1) is 20.2. The largest absolute Gasteiger partial charge is 0.295 e. The summed E-state index contributed by atoms with van der Waals surface area (Å²) in [5.41, 5.74) is 8.24. The van der Waals surface area contributed by atoms with Crippen LogP contribution in [0.1, 0.15) is 72.7 Å². The summed E-state index contributed by atoms with van der Waals surface area (Å²) in [6.07, 6.45) is 0. The maximum absolute atomic E-state index is 10.6. The van der Waals surface area contributed by atoms with Crippen molar-refractivity contribution in [2.75, 3.05) is 0 Å². The molecule has 1 heteroatoms. The summed E-state index contributed by atoms with van der Waals surface area (Å²) in [6, 6.07) is 47.8. The first-order valence-electron chi connectivity index (χ1n) is 15.1. The van der Waals surface area contributed by atoms with Gasteiger partial charge in [0.05, 0.1) is 0 Å². The van der Waals surface area contributed by atoms with Crippen molar-refractivity contribution in [1.82, 2.24) is 0 Å². The molecule has 1 nitrogen and oxygen atoms in total. The molecule has 0 aliphatic heterocycles. The van der Waals surface area contributed by atoms with Crippen LogP contribution >= 0.6 is 0 Å². The molecule has 0 saturated heterocycles. The lowest BCUT2D eigenvalue weighted by Gasteiger charge is -2.11. The summed E-state index contributed by atoms with van der Waals surface area (Å²) in [6.45, 7) is 17.6. The number of hydrogen-bond acceptors (Lipinski definition) is 1. The van der Waals surface area contributed by atoms with Crippen LogP contribution in [0.4, 0.5) is 0 Å². The highest BCUT2D eigenvalue weighted by Gasteiger charge is 2.06. The highest BCUT2D eigenvalue weighted by atomic mass is 16.1. The van der Waals surface area contributed by atoms with Crippen LogP contribution in [-0.4, -0.2) is 5.78 Å². The predicted molar refractivity (Wildman–Crippen MR) is 185 cm³/mol. The number of carbonyl (C=O) groups is 1. The number of benzene rings is 5. The Morgan fingerprint density at radius 3 is 0.756 bits per heavy atom. The summed E-state index contributed by atoms with van der Waals surface area (Å²) in [5, 5.41) is 0. The van der Waals surface area contributed by atoms with E-state index in [1.165, 1.54) is 33.4 Å². The third-order valence-electron chi connectivity index (χ3n) is 5.43. The number of rotatable bonds is 4. The van der Waals surface area contributed by atoms with Crippen molar-refractivity contribution < 1.29 is 4.79 Å². The van der Waals surface area contributed by atoms with Crippen LogP contribution in [0.5, 0.6) is 0 Å². The van der Waals surface area contributed by atoms with E-state index in [1.54, 1.807) is 6.92 Å². The van der Waals surface area contributed by atoms with Gasteiger partial charge in [-0.2, -0.15) is 0 Å². The molecule has 0 radical (unpaired) electrons. The summed E-state index contributed by atoms with van der Waals surface area (Å²) in [4.78, 5) is 10.6. The van der Waals surface area contributed by atoms with Crippen molar-refractivity contribution in [3.05, 3.63) is 145 Å². The molecule has 5 aromatic carbocycles. The molecule has 5 rings (SSSR count). The van der Waals surface area contributed by atoms with Crippen LogP contribution in [-0.2, 0) is 0 Å². The van der Waals surface area contributed by atoms with Crippen LogP contribution in [0, 0.1) is 0 Å². The van der Waals surface area contributed by atoms with Crippen molar-refractivity contribution in [2.45, 2.75) is 62.3 Å². The van der Waals surface area contributed by atoms with Gasteiger partial charge in [-0.3, -0.25) is 4.79 Å². The van der Waals surface area contributed by atoms with E-state index in [-0.39, 0.29) is 5.78 Å². The van der Waals surface area contributed by atoms with Gasteiger partial charge in [-0.15, -0.1) is 0 Å². The van der Waals surface area contributed by atoms with E-state index in [4.69, 9.17) is 0 Å². The second-order valence-electron chi connectivity index (χ2n) is 7.82. The standard InChI is InChI=1S/C24H18.C8H8O.4C2H6/c1-4-10-19(11-5-1)22-16-23(20-12-6-2-7-13-20)18-24(17-22)21-14-8-3-9-15-21;1-7(9)8-5-3-2-4-6-8;4*1-2/h1-18H;2-6H,1H3;4*1-2H3. The van der Waals surface area contributed by atoms with Gasteiger partial charge in [-0.05, 0) is 58.5 Å². The van der Waals surface area contributed by atoms with Crippen LogP contribution < -0.4 is 0 Å². The van der Waals surface area contributed by atoms with Crippen LogP contribution in [0.2, 0.25) is 0 Å². The Hall–Kier alpha value is -4.23. The van der Waals surface area contributed by atoms with Crippen LogP contribution in [0.15, 0.2) is 140 Å². The maximum Gasteiger partial charge on any atom is 0.159 e. The molecule has 0 amide bonds. The molecule has 0 saturated carbocycles. The fourth-order valence-corrected chi connectivity index (χ4v) is 3.69. The Kier molecular flexibility index (Phi) is 21.2. The lowest BCUT2D eigenvalue weighted by Crippen LogP contribution is -1.88. The fourth-order valence-electron chi connectivity index (χ4n) is 3.69. The molecule has 0 bridgehead atoms. The predicted octanol–water partition coefficient (Wildman–Crippen LogP) is 12.7. The monoisotopic (exact) mass is 546 g/mol. The Balaban J connectivity index is 0.000000789. The Bertz CT molecular complexity index is 1150. The minimum atomic E-state index is 0.121. The molecule has 41 heavy (non-hydrogen) atoms. The van der Waals surface area contributed by atoms with Crippen LogP contribution in [0.3, 0.4) is 0 Å². The lowest BCUT2D eigenvalue weighted by atomic mass is 9.93. The molecule has 0 aliphatic carbocycles. The van der Waals surface area contributed by atoms with Crippen molar-refractivity contribution in [2.24, 2.45) is 0 Å². The molecular formula is C40H50O. The summed E-state index contributed by atoms with van der Waals surface area (Å²) < 4.78 is 0. The number of Topliss-reactive ketones (excluding diaryl/α,β-unsaturated/α-hetero) is 1. The second-order valence-corrected chi connectivity index (χ2v) is 7.82. The van der Waals surface area contributed by atoms with Gasteiger partial charge >= 0.3 is 0 Å². The maximum atomic E-state index is 10.6. The van der Waals surface area contributed by atoms with Gasteiger partial charge in [0.15, 0.2) is 5.78 Å². The van der Waals surface area contributed by atoms with Gasteiger partial charge in [0.2, 0.25) is 0 Å². The van der Waals surface area contributed by atoms with Crippen molar-refractivity contribution in [3.8, 4) is 33.4 Å². The van der Waals surface area contributed by atoms with E-state index in [0.717, 1.165) is 5.56 Å². The molecule has 5 aromatic rings. The summed E-state index contributed by atoms with van der Waals surface area (Å²) >= 11 is 0. The first-order valence-corrected chi connectivity index (χ1v) is 15.1. The molecule has 0 fully saturated rings. The van der Waals surface area contributed by atoms with Gasteiger partial charge in [0, 0.05) is 5.56 Å². The molecule has 0 aromatic heterocycles. The quantitative estimate of drug-likeness (QED) is 0.205. The molecule has 0 spiro atoms. The lowest BCUT2D eigenvalue weighted by molar-refractivity contribution is 0.101. The smallest absolute Gasteiger partial charge is 0.159 e. The normalized spacial score (nSPS) is 8.71. The fraction of sp³-hybridized carbons (Fsp3) is 0.225. The zero-order valence-corrected chi connectivity index (χ0v) is 26.7. The molecular weight excluding hydrogens is 496 g/mol. The van der Waals surface area contributed by atoms with Gasteiger partial charge in [0.25, 0.3) is 0 Å². The van der Waals surface area contributed by atoms with Crippen molar-refractivity contribution in [1.29, 1.82) is 0 Å². The molecule has 0 aliphatic rings. The zero-order valence-electron chi connectivity index (χ0n) is 26.7. The van der Waals surface area contributed by atoms with Crippen molar-refractivity contribution in [3.63, 3.8) is 0 Å². The van der Waals surface area contributed by atoms with Gasteiger partial charge in [0.1, 0.15) is 0 Å². The third kappa shape index (κ3) is 13.1. The molecule has 0 unspecified atom stereocenters. The topological polar surface area (TPSA) is 17.1 Å². The summed E-state index contributed by atoms with van der Waals surface area (Å²) in [5.74, 6) is 0.121. The van der Waals surface area contributed by atoms with E-state index in [9.17, 15) is 4.79 Å². The van der Waals surface area contributed by atoms with E-state index in [1.807, 2.05) is 85.7 Å². The zero-order chi connectivity index (χ0) is 30.9. The van der Waals surface area contributed by atoms with Crippen LogP contribution in [0.25, 0.3) is 33.4 Å². The highest BCUT2D eigenvalue weighted by Crippen LogP contribution is 2.32. The molecule has 0 atom stereocenters. The first kappa shape index (κ1) is 36.8. The highest BCUT2D eigenvalue weighted by molar-refractivity contribution is 5.93. The van der Waals surface area contributed by atoms with E-state index < -0.39 is 0 Å². The average molecular weight is 547 g/mol. The number of carbonyl (C=O) groups excluding carboxylic acids is 1. The average Bonchev–Trinajstić information content (AvgIpc) is 3.10. The Morgan fingerprint density at radius 1 is 0.341 bits per heavy atom. The Labute approximate surface area is 250 Å². The SMILES string of the molecule is CC.CC.CC.CC.CC(=O)c1ccccc1.c1ccc(-c2cc(-c3ccccc3)cc(-c3ccccc3)c2)cc1. The van der Waals surface area contributed by atoms with Crippen molar-refractivity contribution >= 4 is 5.78 Å². The van der Waals surface area contributed by atoms with E-state index in [2.05, 4.69) is 109 Å². The van der Waals surface area contributed by atoms with E-state index >= 15 is 0 Å². The van der Waals surface area contributed by atoms with Gasteiger partial charge in [-0.1, -0.05) is 177 Å². The minimum absolute atomic E-state index is 0.121. The number of hydrogen-bond donors (Lipinski definition) is 0. The minimum Gasteiger partial charge on any atom is -0.295 e. The molecule has 216 valence electrons. The van der Waals surface area contributed by atoms with Gasteiger partial charge in [-0.25, -0.2) is 0 Å². The molecule has 0 N–H and O–H groups in total. The van der Waals surface area contributed by atoms with Gasteiger partial charge < -0.3 is 0 Å². The molecule has 0 heterocycles. The number of ketones is 1. The van der Waals surface area contributed by atoms with E-state index in [0.29, 0.717) is 0 Å². The summed E-state index contributed by atoms with van der Waals surface area (Å²) in [7, 11) is 0. The second kappa shape index (κ2) is 23.6. The Morgan fingerprint density at radius 2 is 0.561 bits per heavy atom. The third-order valence-corrected chi connectivity index (χ3v) is 5.43.